The molecule has 0 spiro atoms. The van der Waals surface area contributed by atoms with Gasteiger partial charge < -0.3 is 15.7 Å². The maximum Gasteiger partial charge on any atom is 0.304 e. The van der Waals surface area contributed by atoms with Crippen LogP contribution in [0.1, 0.15) is 27.2 Å². The van der Waals surface area contributed by atoms with Crippen LogP contribution in [0.3, 0.4) is 0 Å². The van der Waals surface area contributed by atoms with Crippen LogP contribution in [0, 0.1) is 0 Å². The number of nitrogens with one attached hydrogen (secondary N) is 2. The lowest BCUT2D eigenvalue weighted by molar-refractivity contribution is -0.136. The number of anilines is 2. The standard InChI is InChI=1S/C11H19N5O2S/c1-4-12-9-14-10(13-7(2)3)16-11(15-9)19-6-5-8(17)18/h7H,4-6H2,1-3H3,(H,17,18)(H2,12,13,14,15,16). The highest BCUT2D eigenvalue weighted by atomic mass is 32.2. The summed E-state index contributed by atoms with van der Waals surface area (Å²) in [6, 6.07) is 0.216. The van der Waals surface area contributed by atoms with Crippen molar-refractivity contribution >= 4 is 29.6 Å². The molecule has 19 heavy (non-hydrogen) atoms. The van der Waals surface area contributed by atoms with Gasteiger partial charge in [-0.2, -0.15) is 15.0 Å². The van der Waals surface area contributed by atoms with Gasteiger partial charge in [0.15, 0.2) is 5.16 Å². The van der Waals surface area contributed by atoms with Gasteiger partial charge in [-0.25, -0.2) is 0 Å². The summed E-state index contributed by atoms with van der Waals surface area (Å²) in [6.45, 7) is 6.66. The molecule has 1 aromatic rings. The number of hydrogen-bond donors (Lipinski definition) is 3. The van der Waals surface area contributed by atoms with Crippen molar-refractivity contribution in [3.05, 3.63) is 0 Å². The fourth-order valence-electron chi connectivity index (χ4n) is 1.21. The average Bonchev–Trinajstić information content (AvgIpc) is 2.27. The topological polar surface area (TPSA) is 100 Å². The van der Waals surface area contributed by atoms with Crippen molar-refractivity contribution in [1.29, 1.82) is 0 Å². The van der Waals surface area contributed by atoms with Crippen LogP contribution in [-0.4, -0.2) is 44.4 Å². The van der Waals surface area contributed by atoms with Crippen molar-refractivity contribution < 1.29 is 9.90 Å². The van der Waals surface area contributed by atoms with Gasteiger partial charge in [-0.3, -0.25) is 4.79 Å². The molecule has 0 radical (unpaired) electrons. The number of aliphatic carboxylic acids is 1. The second-order valence-corrected chi connectivity index (χ2v) is 5.15. The molecule has 8 heteroatoms. The minimum atomic E-state index is -0.825. The Balaban J connectivity index is 2.76. The summed E-state index contributed by atoms with van der Waals surface area (Å²) in [6.07, 6.45) is 0.0832. The van der Waals surface area contributed by atoms with E-state index >= 15 is 0 Å². The zero-order chi connectivity index (χ0) is 14.3. The van der Waals surface area contributed by atoms with Crippen molar-refractivity contribution in [1.82, 2.24) is 15.0 Å². The molecule has 0 unspecified atom stereocenters. The summed E-state index contributed by atoms with van der Waals surface area (Å²) >= 11 is 1.31. The smallest absolute Gasteiger partial charge is 0.304 e. The Bertz CT molecular complexity index is 428. The quantitative estimate of drug-likeness (QED) is 0.620. The Kier molecular flexibility index (Phi) is 6.34. The van der Waals surface area contributed by atoms with E-state index < -0.39 is 5.97 Å². The first-order valence-electron chi connectivity index (χ1n) is 6.12. The molecular weight excluding hydrogens is 266 g/mol. The highest BCUT2D eigenvalue weighted by Gasteiger charge is 2.08. The first kappa shape index (κ1) is 15.5. The molecule has 7 nitrogen and oxygen atoms in total. The number of rotatable bonds is 8. The first-order chi connectivity index (χ1) is 9.01. The van der Waals surface area contributed by atoms with E-state index in [4.69, 9.17) is 5.11 Å². The average molecular weight is 285 g/mol. The third-order valence-corrected chi connectivity index (χ3v) is 2.76. The molecule has 0 saturated carbocycles. The Morgan fingerprint density at radius 2 is 2.00 bits per heavy atom. The van der Waals surface area contributed by atoms with Crippen molar-refractivity contribution in [3.8, 4) is 0 Å². The molecule has 0 bridgehead atoms. The fourth-order valence-corrected chi connectivity index (χ4v) is 1.97. The van der Waals surface area contributed by atoms with Gasteiger partial charge in [-0.1, -0.05) is 11.8 Å². The van der Waals surface area contributed by atoms with Gasteiger partial charge in [0, 0.05) is 18.3 Å². The normalized spacial score (nSPS) is 10.5. The minimum Gasteiger partial charge on any atom is -0.481 e. The molecule has 0 aliphatic rings. The summed E-state index contributed by atoms with van der Waals surface area (Å²) in [7, 11) is 0. The van der Waals surface area contributed by atoms with Gasteiger partial charge in [0.2, 0.25) is 11.9 Å². The lowest BCUT2D eigenvalue weighted by Gasteiger charge is -2.10. The van der Waals surface area contributed by atoms with E-state index in [1.54, 1.807) is 0 Å². The molecule has 3 N–H and O–H groups in total. The second-order valence-electron chi connectivity index (χ2n) is 4.09. The van der Waals surface area contributed by atoms with Gasteiger partial charge >= 0.3 is 5.97 Å². The van der Waals surface area contributed by atoms with Crippen LogP contribution in [0.2, 0.25) is 0 Å². The van der Waals surface area contributed by atoms with E-state index in [-0.39, 0.29) is 12.5 Å². The van der Waals surface area contributed by atoms with Crippen molar-refractivity contribution in [2.45, 2.75) is 38.4 Å². The number of hydrogen-bond acceptors (Lipinski definition) is 7. The van der Waals surface area contributed by atoms with Gasteiger partial charge in [-0.05, 0) is 20.8 Å². The lowest BCUT2D eigenvalue weighted by atomic mass is 10.4. The van der Waals surface area contributed by atoms with Crippen molar-refractivity contribution in [3.63, 3.8) is 0 Å². The fraction of sp³-hybridized carbons (Fsp3) is 0.636. The van der Waals surface area contributed by atoms with Crippen LogP contribution in [-0.2, 0) is 4.79 Å². The summed E-state index contributed by atoms with van der Waals surface area (Å²) in [5.41, 5.74) is 0. The number of aromatic nitrogens is 3. The largest absolute Gasteiger partial charge is 0.481 e. The van der Waals surface area contributed by atoms with Crippen molar-refractivity contribution in [2.24, 2.45) is 0 Å². The van der Waals surface area contributed by atoms with Crippen LogP contribution in [0.25, 0.3) is 0 Å². The number of nitrogens with zero attached hydrogens (tertiary/aromatic N) is 3. The van der Waals surface area contributed by atoms with E-state index in [2.05, 4.69) is 25.6 Å². The predicted octanol–water partition coefficient (Wildman–Crippen LogP) is 1.69. The predicted molar refractivity (Wildman–Crippen MR) is 75.7 cm³/mol. The molecule has 1 aromatic heterocycles. The van der Waals surface area contributed by atoms with Crippen LogP contribution in [0.4, 0.5) is 11.9 Å². The second kappa shape index (κ2) is 7.78. The number of carboxylic acids is 1. The summed E-state index contributed by atoms with van der Waals surface area (Å²) in [4.78, 5) is 23.2. The molecular formula is C11H19N5O2S. The Hall–Kier alpha value is -1.57. The zero-order valence-electron chi connectivity index (χ0n) is 11.3. The van der Waals surface area contributed by atoms with E-state index in [1.807, 2.05) is 20.8 Å². The Morgan fingerprint density at radius 3 is 2.58 bits per heavy atom. The molecule has 0 saturated heterocycles. The van der Waals surface area contributed by atoms with E-state index in [0.717, 1.165) is 0 Å². The third-order valence-electron chi connectivity index (χ3n) is 1.91. The SMILES string of the molecule is CCNc1nc(NC(C)C)nc(SCCC(=O)O)n1. The van der Waals surface area contributed by atoms with E-state index in [0.29, 0.717) is 29.4 Å². The number of carboxylic acid groups (broad SMARTS) is 1. The Labute approximate surface area is 116 Å². The molecule has 106 valence electrons. The molecule has 1 rings (SSSR count). The Morgan fingerprint density at radius 1 is 1.32 bits per heavy atom. The van der Waals surface area contributed by atoms with Gasteiger partial charge in [0.25, 0.3) is 0 Å². The van der Waals surface area contributed by atoms with Gasteiger partial charge in [-0.15, -0.1) is 0 Å². The molecule has 0 aliphatic carbocycles. The summed E-state index contributed by atoms with van der Waals surface area (Å²) in [5.74, 6) is 0.609. The zero-order valence-corrected chi connectivity index (χ0v) is 12.1. The number of carbonyl (C=O) groups is 1. The van der Waals surface area contributed by atoms with Crippen LogP contribution in [0.5, 0.6) is 0 Å². The monoisotopic (exact) mass is 285 g/mol. The highest BCUT2D eigenvalue weighted by molar-refractivity contribution is 7.99. The summed E-state index contributed by atoms with van der Waals surface area (Å²) < 4.78 is 0. The first-order valence-corrected chi connectivity index (χ1v) is 7.11. The maximum absolute atomic E-state index is 10.5. The molecule has 0 amide bonds. The number of thioether (sulfide) groups is 1. The van der Waals surface area contributed by atoms with Gasteiger partial charge in [0.05, 0.1) is 6.42 Å². The van der Waals surface area contributed by atoms with Crippen molar-refractivity contribution in [2.75, 3.05) is 22.9 Å². The highest BCUT2D eigenvalue weighted by Crippen LogP contribution is 2.17. The summed E-state index contributed by atoms with van der Waals surface area (Å²) in [5, 5.41) is 15.3. The molecule has 0 fully saturated rings. The van der Waals surface area contributed by atoms with E-state index in [9.17, 15) is 4.79 Å². The molecule has 0 aliphatic heterocycles. The lowest BCUT2D eigenvalue weighted by Crippen LogP contribution is -2.15. The van der Waals surface area contributed by atoms with Crippen LogP contribution in [0.15, 0.2) is 5.16 Å². The molecule has 0 atom stereocenters. The third kappa shape index (κ3) is 6.23. The molecule has 1 heterocycles. The van der Waals surface area contributed by atoms with E-state index in [1.165, 1.54) is 11.8 Å². The van der Waals surface area contributed by atoms with Crippen LogP contribution >= 0.6 is 11.8 Å². The van der Waals surface area contributed by atoms with Crippen LogP contribution < -0.4 is 10.6 Å². The minimum absolute atomic E-state index is 0.0832. The maximum atomic E-state index is 10.5. The molecule has 0 aromatic carbocycles. The van der Waals surface area contributed by atoms with Gasteiger partial charge in [0.1, 0.15) is 0 Å².